The number of rotatable bonds is 9. The van der Waals surface area contributed by atoms with E-state index < -0.39 is 0 Å². The van der Waals surface area contributed by atoms with Crippen LogP contribution in [0.15, 0.2) is 29.1 Å². The van der Waals surface area contributed by atoms with Crippen LogP contribution in [0.5, 0.6) is 0 Å². The van der Waals surface area contributed by atoms with E-state index in [-0.39, 0.29) is 11.5 Å². The number of carbonyl (C=O) groups is 1. The topological polar surface area (TPSA) is 87.3 Å². The van der Waals surface area contributed by atoms with E-state index in [0.717, 1.165) is 67.9 Å². The predicted octanol–water partition coefficient (Wildman–Crippen LogP) is 3.25. The first-order valence-corrected chi connectivity index (χ1v) is 13.9. The molecule has 0 spiro atoms. The number of fused-ring (bicyclic) bond motifs is 3. The lowest BCUT2D eigenvalue weighted by molar-refractivity contribution is -0.120. The number of aryl methyl sites for hydroxylation is 2. The van der Waals surface area contributed by atoms with Crippen LogP contribution in [0.25, 0.3) is 10.2 Å². The largest absolute Gasteiger partial charge is 0.379 e. The molecule has 1 fully saturated rings. The van der Waals surface area contributed by atoms with Crippen LogP contribution in [0.2, 0.25) is 0 Å². The first kappa shape index (κ1) is 23.5. The van der Waals surface area contributed by atoms with Gasteiger partial charge in [0.05, 0.1) is 24.4 Å². The van der Waals surface area contributed by atoms with Crippen LogP contribution in [-0.2, 0) is 41.2 Å². The van der Waals surface area contributed by atoms with Crippen molar-refractivity contribution in [2.75, 3.05) is 32.1 Å². The molecule has 1 aliphatic heterocycles. The van der Waals surface area contributed by atoms with E-state index in [4.69, 9.17) is 4.74 Å². The van der Waals surface area contributed by atoms with Gasteiger partial charge in [0.2, 0.25) is 5.91 Å². The van der Waals surface area contributed by atoms with Gasteiger partial charge in [-0.1, -0.05) is 24.3 Å². The van der Waals surface area contributed by atoms with E-state index in [2.05, 4.69) is 44.5 Å². The van der Waals surface area contributed by atoms with Crippen LogP contribution in [0.3, 0.4) is 0 Å². The normalized spacial score (nSPS) is 16.1. The quantitative estimate of drug-likeness (QED) is 0.441. The minimum atomic E-state index is -0.0198. The Morgan fingerprint density at radius 2 is 2.09 bits per heavy atom. The van der Waals surface area contributed by atoms with Crippen LogP contribution in [-0.4, -0.2) is 52.8 Å². The van der Waals surface area contributed by atoms with Gasteiger partial charge < -0.3 is 15.0 Å². The van der Waals surface area contributed by atoms with E-state index in [1.165, 1.54) is 16.0 Å². The molecule has 1 amide bonds. The number of nitrogens with zero attached hydrogens (tertiary/aromatic N) is 2. The Bertz CT molecular complexity index is 1220. The lowest BCUT2D eigenvalue weighted by Crippen LogP contribution is -2.35. The summed E-state index contributed by atoms with van der Waals surface area (Å²) in [7, 11) is 0. The number of benzene rings is 1. The molecule has 1 aromatic carbocycles. The highest BCUT2D eigenvalue weighted by Crippen LogP contribution is 2.34. The maximum Gasteiger partial charge on any atom is 0.259 e. The summed E-state index contributed by atoms with van der Waals surface area (Å²) in [6.07, 6.45) is 3.63. The second-order valence-electron chi connectivity index (χ2n) is 8.84. The average molecular weight is 499 g/mol. The highest BCUT2D eigenvalue weighted by molar-refractivity contribution is 7.98. The Morgan fingerprint density at radius 3 is 2.97 bits per heavy atom. The summed E-state index contributed by atoms with van der Waals surface area (Å²) in [6.45, 7) is 4.97. The zero-order valence-corrected chi connectivity index (χ0v) is 20.9. The van der Waals surface area contributed by atoms with E-state index in [1.807, 2.05) is 0 Å². The first-order valence-electron chi connectivity index (χ1n) is 11.9. The Labute approximate surface area is 207 Å². The molecular formula is C25H30N4O3S2. The number of morpholine rings is 1. The minimum absolute atomic E-state index is 0.0198. The zero-order valence-electron chi connectivity index (χ0n) is 19.2. The van der Waals surface area contributed by atoms with Gasteiger partial charge in [0.15, 0.2) is 0 Å². The van der Waals surface area contributed by atoms with Gasteiger partial charge >= 0.3 is 0 Å². The molecule has 0 unspecified atom stereocenters. The van der Waals surface area contributed by atoms with Crippen molar-refractivity contribution < 1.29 is 9.53 Å². The van der Waals surface area contributed by atoms with Crippen molar-refractivity contribution in [2.24, 2.45) is 0 Å². The molecular weight excluding hydrogens is 468 g/mol. The second-order valence-corrected chi connectivity index (χ2v) is 11.0. The maximum atomic E-state index is 12.5. The Balaban J connectivity index is 1.05. The summed E-state index contributed by atoms with van der Waals surface area (Å²) < 4.78 is 5.42. The number of thiophene rings is 1. The van der Waals surface area contributed by atoms with Crippen LogP contribution in [0.4, 0.5) is 0 Å². The van der Waals surface area contributed by atoms with Gasteiger partial charge in [-0.25, -0.2) is 4.98 Å². The fourth-order valence-electron chi connectivity index (χ4n) is 4.59. The summed E-state index contributed by atoms with van der Waals surface area (Å²) in [5.74, 6) is 2.02. The van der Waals surface area contributed by atoms with Crippen LogP contribution < -0.4 is 10.9 Å². The molecule has 180 valence electrons. The predicted molar refractivity (Wildman–Crippen MR) is 137 cm³/mol. The molecule has 9 heteroatoms. The van der Waals surface area contributed by atoms with Gasteiger partial charge in [0.1, 0.15) is 10.7 Å². The molecule has 0 radical (unpaired) electrons. The van der Waals surface area contributed by atoms with Crippen molar-refractivity contribution in [1.29, 1.82) is 0 Å². The van der Waals surface area contributed by atoms with Crippen molar-refractivity contribution in [3.8, 4) is 0 Å². The van der Waals surface area contributed by atoms with Crippen molar-refractivity contribution in [2.45, 2.75) is 44.5 Å². The number of nitrogens with one attached hydrogen (secondary N) is 2. The molecule has 3 heterocycles. The summed E-state index contributed by atoms with van der Waals surface area (Å²) in [5.41, 5.74) is 3.56. The fraction of sp³-hybridized carbons (Fsp3) is 0.480. The minimum Gasteiger partial charge on any atom is -0.379 e. The van der Waals surface area contributed by atoms with E-state index >= 15 is 0 Å². The Hall–Kier alpha value is -2.20. The Morgan fingerprint density at radius 1 is 1.24 bits per heavy atom. The number of aromatic nitrogens is 2. The average Bonchev–Trinajstić information content (AvgIpc) is 3.43. The second kappa shape index (κ2) is 11.0. The molecule has 2 N–H and O–H groups in total. The number of amides is 1. The van der Waals surface area contributed by atoms with E-state index in [0.29, 0.717) is 30.3 Å². The van der Waals surface area contributed by atoms with Crippen molar-refractivity contribution in [3.05, 3.63) is 62.0 Å². The lowest BCUT2D eigenvalue weighted by atomic mass is 10.1. The molecule has 0 atom stereocenters. The van der Waals surface area contributed by atoms with Crippen molar-refractivity contribution in [1.82, 2.24) is 20.2 Å². The molecule has 34 heavy (non-hydrogen) atoms. The molecule has 2 aromatic heterocycles. The number of hydrogen-bond acceptors (Lipinski definition) is 7. The highest BCUT2D eigenvalue weighted by Gasteiger charge is 2.21. The van der Waals surface area contributed by atoms with E-state index in [9.17, 15) is 9.59 Å². The third-order valence-electron chi connectivity index (χ3n) is 6.33. The van der Waals surface area contributed by atoms with Crippen molar-refractivity contribution >= 4 is 39.2 Å². The molecule has 2 aliphatic rings. The van der Waals surface area contributed by atoms with E-state index in [1.54, 1.807) is 23.1 Å². The maximum absolute atomic E-state index is 12.5. The summed E-state index contributed by atoms with van der Waals surface area (Å²) in [5, 5.41) is 3.82. The fourth-order valence-corrected chi connectivity index (χ4v) is 6.68. The zero-order chi connectivity index (χ0) is 23.3. The van der Waals surface area contributed by atoms with Crippen molar-refractivity contribution in [3.63, 3.8) is 0 Å². The smallest absolute Gasteiger partial charge is 0.259 e. The molecule has 0 saturated carbocycles. The standard InChI is InChI=1S/C25H30N4O3S2/c30-22(26-14-17-3-1-4-18(13-17)15-29-8-10-32-11-9-29)7-12-33-16-21-27-24(31)23-19-5-2-6-20(19)34-25(23)28-21/h1,3-4,13H,2,5-12,14-16H2,(H,26,30)(H,27,28,31). The molecule has 5 rings (SSSR count). The number of carbonyl (C=O) groups excluding carboxylic acids is 1. The molecule has 7 nitrogen and oxygen atoms in total. The van der Waals surface area contributed by atoms with Crippen LogP contribution >= 0.6 is 23.1 Å². The van der Waals surface area contributed by atoms with Gasteiger partial charge in [-0.05, 0) is 36.0 Å². The molecule has 1 saturated heterocycles. The van der Waals surface area contributed by atoms with Gasteiger partial charge in [0.25, 0.3) is 5.56 Å². The van der Waals surface area contributed by atoms with Gasteiger partial charge in [-0.2, -0.15) is 11.8 Å². The summed E-state index contributed by atoms with van der Waals surface area (Å²) >= 11 is 3.28. The molecule has 0 bridgehead atoms. The number of thioether (sulfide) groups is 1. The molecule has 3 aromatic rings. The third kappa shape index (κ3) is 5.71. The number of H-pyrrole nitrogens is 1. The van der Waals surface area contributed by atoms with Crippen LogP contribution in [0, 0.1) is 0 Å². The summed E-state index contributed by atoms with van der Waals surface area (Å²) in [6, 6.07) is 8.41. The van der Waals surface area contributed by atoms with Gasteiger partial charge in [0, 0.05) is 43.2 Å². The van der Waals surface area contributed by atoms with Gasteiger partial charge in [-0.15, -0.1) is 11.3 Å². The van der Waals surface area contributed by atoms with Gasteiger partial charge in [-0.3, -0.25) is 14.5 Å². The monoisotopic (exact) mass is 498 g/mol. The third-order valence-corrected chi connectivity index (χ3v) is 8.48. The highest BCUT2D eigenvalue weighted by atomic mass is 32.2. The Kier molecular flexibility index (Phi) is 7.63. The lowest BCUT2D eigenvalue weighted by Gasteiger charge is -2.26. The first-order chi connectivity index (χ1) is 16.7. The molecule has 1 aliphatic carbocycles. The number of ether oxygens (including phenoxy) is 1. The van der Waals surface area contributed by atoms with Crippen LogP contribution in [0.1, 0.15) is 40.2 Å². The SMILES string of the molecule is O=C(CCSCc1nc2sc3c(c2c(=O)[nH]1)CCC3)NCc1cccc(CN2CCOCC2)c1. The number of aromatic amines is 1. The summed E-state index contributed by atoms with van der Waals surface area (Å²) in [4.78, 5) is 37.1. The number of hydrogen-bond donors (Lipinski definition) is 2.